The van der Waals surface area contributed by atoms with Gasteiger partial charge in [-0.05, 0) is 27.5 Å². The van der Waals surface area contributed by atoms with Gasteiger partial charge in [0.2, 0.25) is 6.79 Å². The van der Waals surface area contributed by atoms with Crippen molar-refractivity contribution in [3.8, 4) is 11.5 Å². The minimum atomic E-state index is -0.521. The van der Waals surface area contributed by atoms with Crippen molar-refractivity contribution >= 4 is 44.1 Å². The molecule has 12 heavy (non-hydrogen) atoms. The summed E-state index contributed by atoms with van der Waals surface area (Å²) in [4.78, 5) is 11.2. The van der Waals surface area contributed by atoms with Gasteiger partial charge in [-0.25, -0.2) is 0 Å². The van der Waals surface area contributed by atoms with Gasteiger partial charge in [-0.2, -0.15) is 0 Å². The van der Waals surface area contributed by atoms with Crippen LogP contribution in [-0.2, 0) is 0 Å². The quantitative estimate of drug-likeness (QED) is 0.735. The van der Waals surface area contributed by atoms with E-state index < -0.39 is 5.24 Å². The van der Waals surface area contributed by atoms with Crippen LogP contribution in [0.5, 0.6) is 11.5 Å². The van der Waals surface area contributed by atoms with Gasteiger partial charge >= 0.3 is 0 Å². The fraction of sp³-hybridized carbons (Fsp3) is 0.167. The Balaban J connectivity index is 2.58. The predicted octanol–water partition coefficient (Wildman–Crippen LogP) is 2.62. The Labute approximate surface area is 85.4 Å². The maximum atomic E-state index is 10.8. The van der Waals surface area contributed by atoms with Gasteiger partial charge in [0.15, 0.2) is 11.5 Å². The number of ether oxygens (including phenoxy) is 2. The fourth-order valence-electron chi connectivity index (χ4n) is 0.905. The van der Waals surface area contributed by atoms with Crippen molar-refractivity contribution in [3.05, 3.63) is 8.66 Å². The van der Waals surface area contributed by atoms with Gasteiger partial charge in [-0.3, -0.25) is 4.79 Å². The van der Waals surface area contributed by atoms with Gasteiger partial charge < -0.3 is 9.47 Å². The minimum absolute atomic E-state index is 0.147. The molecule has 0 aliphatic carbocycles. The first-order valence-corrected chi connectivity index (χ1v) is 4.96. The Morgan fingerprint density at radius 2 is 2.17 bits per heavy atom. The number of carbonyl (C=O) groups excluding carboxylic acids is 1. The van der Waals surface area contributed by atoms with Crippen LogP contribution in [0.15, 0.2) is 3.79 Å². The van der Waals surface area contributed by atoms with Gasteiger partial charge in [0, 0.05) is 0 Å². The summed E-state index contributed by atoms with van der Waals surface area (Å²) in [5, 5.41) is -0.521. The van der Waals surface area contributed by atoms with Crippen LogP contribution in [0, 0.1) is 0 Å². The zero-order valence-corrected chi connectivity index (χ0v) is 8.75. The van der Waals surface area contributed by atoms with Crippen molar-refractivity contribution in [2.75, 3.05) is 6.79 Å². The van der Waals surface area contributed by atoms with E-state index in [1.54, 1.807) is 0 Å². The lowest BCUT2D eigenvalue weighted by atomic mass is 10.4. The molecule has 0 atom stereocenters. The zero-order valence-electron chi connectivity index (χ0n) is 5.60. The molecule has 0 saturated heterocycles. The molecule has 0 unspecified atom stereocenters. The van der Waals surface area contributed by atoms with Crippen molar-refractivity contribution < 1.29 is 14.3 Å². The monoisotopic (exact) mass is 268 g/mol. The number of halogens is 2. The van der Waals surface area contributed by atoms with Crippen LogP contribution in [0.3, 0.4) is 0 Å². The number of hydrogen-bond acceptors (Lipinski definition) is 4. The second-order valence-electron chi connectivity index (χ2n) is 2.04. The van der Waals surface area contributed by atoms with E-state index in [4.69, 9.17) is 21.1 Å². The molecule has 0 fully saturated rings. The van der Waals surface area contributed by atoms with E-state index in [1.807, 2.05) is 0 Å². The van der Waals surface area contributed by atoms with Crippen molar-refractivity contribution in [2.45, 2.75) is 0 Å². The molecule has 64 valence electrons. The van der Waals surface area contributed by atoms with Gasteiger partial charge in [-0.1, -0.05) is 0 Å². The standard InChI is InChI=1S/C6H2BrClO3S/c7-5-3-2(10-1-11-3)4(12-5)6(8)9/h1H2. The number of hydrogen-bond donors (Lipinski definition) is 0. The highest BCUT2D eigenvalue weighted by molar-refractivity contribution is 9.11. The first kappa shape index (κ1) is 8.34. The molecule has 6 heteroatoms. The smallest absolute Gasteiger partial charge is 0.266 e. The average Bonchev–Trinajstić information content (AvgIpc) is 2.53. The first-order chi connectivity index (χ1) is 5.70. The van der Waals surface area contributed by atoms with Gasteiger partial charge in [0.05, 0.1) is 0 Å². The number of carbonyl (C=O) groups is 1. The highest BCUT2D eigenvalue weighted by Crippen LogP contribution is 2.48. The van der Waals surface area contributed by atoms with E-state index in [0.717, 1.165) is 3.79 Å². The normalized spacial score (nSPS) is 13.5. The molecule has 1 aromatic rings. The van der Waals surface area contributed by atoms with Crippen LogP contribution in [0.2, 0.25) is 0 Å². The molecule has 0 N–H and O–H groups in total. The molecule has 1 aliphatic heterocycles. The summed E-state index contributed by atoms with van der Waals surface area (Å²) in [5.41, 5.74) is 0. The summed E-state index contributed by atoms with van der Waals surface area (Å²) in [5.74, 6) is 1.02. The van der Waals surface area contributed by atoms with Gasteiger partial charge in [-0.15, -0.1) is 11.3 Å². The molecule has 0 bridgehead atoms. The van der Waals surface area contributed by atoms with Crippen LogP contribution in [0.25, 0.3) is 0 Å². The molecule has 0 amide bonds. The number of thiophene rings is 1. The molecule has 0 radical (unpaired) electrons. The third-order valence-corrected chi connectivity index (χ3v) is 3.45. The molecule has 2 rings (SSSR count). The molecule has 1 aliphatic rings. The Hall–Kier alpha value is -0.260. The molecule has 1 aromatic heterocycles. The Morgan fingerprint density at radius 1 is 1.50 bits per heavy atom. The molecule has 0 spiro atoms. The van der Waals surface area contributed by atoms with Gasteiger partial charge in [0.1, 0.15) is 8.66 Å². The lowest BCUT2D eigenvalue weighted by Crippen LogP contribution is -1.96. The van der Waals surface area contributed by atoms with Crippen LogP contribution >= 0.6 is 38.9 Å². The van der Waals surface area contributed by atoms with E-state index in [1.165, 1.54) is 11.3 Å². The van der Waals surface area contributed by atoms with Gasteiger partial charge in [0.25, 0.3) is 5.24 Å². The lowest BCUT2D eigenvalue weighted by Gasteiger charge is -1.92. The van der Waals surface area contributed by atoms with Crippen LogP contribution in [0.1, 0.15) is 9.67 Å². The highest BCUT2D eigenvalue weighted by atomic mass is 79.9. The molecule has 2 heterocycles. The van der Waals surface area contributed by atoms with E-state index in [-0.39, 0.29) is 6.79 Å². The maximum Gasteiger partial charge on any atom is 0.266 e. The molecule has 3 nitrogen and oxygen atoms in total. The molecular formula is C6H2BrClO3S. The third kappa shape index (κ3) is 1.12. The number of rotatable bonds is 1. The summed E-state index contributed by atoms with van der Waals surface area (Å²) in [7, 11) is 0. The van der Waals surface area contributed by atoms with E-state index >= 15 is 0 Å². The Kier molecular flexibility index (Phi) is 2.02. The second-order valence-corrected chi connectivity index (χ2v) is 4.73. The Morgan fingerprint density at radius 3 is 2.83 bits per heavy atom. The largest absolute Gasteiger partial charge is 0.452 e. The van der Waals surface area contributed by atoms with Crippen LogP contribution < -0.4 is 9.47 Å². The molecule has 0 saturated carbocycles. The summed E-state index contributed by atoms with van der Waals surface area (Å²) >= 11 is 9.76. The highest BCUT2D eigenvalue weighted by Gasteiger charge is 2.27. The van der Waals surface area contributed by atoms with Crippen molar-refractivity contribution in [1.29, 1.82) is 0 Å². The third-order valence-electron chi connectivity index (χ3n) is 1.37. The molecular weight excluding hydrogens is 267 g/mol. The van der Waals surface area contributed by atoms with Crippen molar-refractivity contribution in [1.82, 2.24) is 0 Å². The summed E-state index contributed by atoms with van der Waals surface area (Å²) in [6.45, 7) is 0.147. The van der Waals surface area contributed by atoms with E-state index in [0.29, 0.717) is 16.4 Å². The maximum absolute atomic E-state index is 10.8. The minimum Gasteiger partial charge on any atom is -0.452 e. The van der Waals surface area contributed by atoms with E-state index in [9.17, 15) is 4.79 Å². The average molecular weight is 270 g/mol. The van der Waals surface area contributed by atoms with E-state index in [2.05, 4.69) is 15.9 Å². The predicted molar refractivity (Wildman–Crippen MR) is 48.3 cm³/mol. The summed E-state index contributed by atoms with van der Waals surface area (Å²) in [6.07, 6.45) is 0. The van der Waals surface area contributed by atoms with Crippen LogP contribution in [0.4, 0.5) is 0 Å². The zero-order chi connectivity index (χ0) is 8.72. The number of fused-ring (bicyclic) bond motifs is 1. The molecule has 0 aromatic carbocycles. The summed E-state index contributed by atoms with van der Waals surface area (Å²) in [6, 6.07) is 0. The van der Waals surface area contributed by atoms with Crippen molar-refractivity contribution in [3.63, 3.8) is 0 Å². The fourth-order valence-corrected chi connectivity index (χ4v) is 2.63. The Bertz CT molecular complexity index is 349. The second kappa shape index (κ2) is 2.90. The summed E-state index contributed by atoms with van der Waals surface area (Å²) < 4.78 is 10.9. The first-order valence-electron chi connectivity index (χ1n) is 2.98. The van der Waals surface area contributed by atoms with Crippen molar-refractivity contribution in [2.24, 2.45) is 0 Å². The topological polar surface area (TPSA) is 35.5 Å². The lowest BCUT2D eigenvalue weighted by molar-refractivity contribution is 0.108. The SMILES string of the molecule is O=C(Cl)c1sc(Br)c2c1OCO2. The van der Waals surface area contributed by atoms with Crippen LogP contribution in [-0.4, -0.2) is 12.0 Å².